The average Bonchev–Trinajstić information content (AvgIpc) is 2.43. The molecule has 0 aromatic heterocycles. The molecule has 5 heteroatoms. The fourth-order valence-corrected chi connectivity index (χ4v) is 1.73. The van der Waals surface area contributed by atoms with E-state index < -0.39 is 6.04 Å². The standard InChI is InChI=1S/C14H21N3O2/c1-3-4-5-12(14(19)16-2)17-13(18)10-6-8-11(15)9-7-10/h6-9,12H,3-5,15H2,1-2H3,(H,16,19)(H,17,18). The Morgan fingerprint density at radius 3 is 2.42 bits per heavy atom. The Hall–Kier alpha value is -2.04. The number of hydrogen-bond acceptors (Lipinski definition) is 3. The molecule has 0 aliphatic heterocycles. The molecule has 0 aliphatic carbocycles. The summed E-state index contributed by atoms with van der Waals surface area (Å²) in [6.07, 6.45) is 2.50. The highest BCUT2D eigenvalue weighted by Crippen LogP contribution is 2.07. The van der Waals surface area contributed by atoms with Crippen LogP contribution in [0.15, 0.2) is 24.3 Å². The van der Waals surface area contributed by atoms with Gasteiger partial charge in [0.05, 0.1) is 0 Å². The van der Waals surface area contributed by atoms with Crippen molar-refractivity contribution < 1.29 is 9.59 Å². The molecule has 0 radical (unpaired) electrons. The van der Waals surface area contributed by atoms with Crippen LogP contribution in [0.4, 0.5) is 5.69 Å². The second-order valence-corrected chi connectivity index (χ2v) is 4.40. The van der Waals surface area contributed by atoms with Crippen LogP contribution in [0, 0.1) is 0 Å². The van der Waals surface area contributed by atoms with Crippen molar-refractivity contribution in [3.63, 3.8) is 0 Å². The monoisotopic (exact) mass is 263 g/mol. The average molecular weight is 263 g/mol. The summed E-state index contributed by atoms with van der Waals surface area (Å²) in [5.41, 5.74) is 6.67. The van der Waals surface area contributed by atoms with Crippen molar-refractivity contribution >= 4 is 17.5 Å². The molecule has 0 saturated heterocycles. The summed E-state index contributed by atoms with van der Waals surface area (Å²) in [5.74, 6) is -0.429. The smallest absolute Gasteiger partial charge is 0.251 e. The maximum Gasteiger partial charge on any atom is 0.251 e. The highest BCUT2D eigenvalue weighted by molar-refractivity contribution is 5.97. The molecule has 104 valence electrons. The van der Waals surface area contributed by atoms with E-state index in [0.717, 1.165) is 12.8 Å². The third-order valence-electron chi connectivity index (χ3n) is 2.89. The first-order valence-corrected chi connectivity index (χ1v) is 6.46. The lowest BCUT2D eigenvalue weighted by atomic mass is 10.1. The van der Waals surface area contributed by atoms with Crippen LogP contribution < -0.4 is 16.4 Å². The number of rotatable bonds is 6. The van der Waals surface area contributed by atoms with E-state index in [4.69, 9.17) is 5.73 Å². The number of hydrogen-bond donors (Lipinski definition) is 3. The molecule has 1 rings (SSSR count). The van der Waals surface area contributed by atoms with E-state index in [9.17, 15) is 9.59 Å². The first-order valence-electron chi connectivity index (χ1n) is 6.46. The zero-order chi connectivity index (χ0) is 14.3. The van der Waals surface area contributed by atoms with Gasteiger partial charge in [-0.25, -0.2) is 0 Å². The van der Waals surface area contributed by atoms with Crippen molar-refractivity contribution in [3.8, 4) is 0 Å². The van der Waals surface area contributed by atoms with Gasteiger partial charge in [-0.05, 0) is 30.7 Å². The first kappa shape index (κ1) is 15.0. The maximum absolute atomic E-state index is 12.0. The number of carbonyl (C=O) groups excluding carboxylic acids is 2. The Morgan fingerprint density at radius 1 is 1.26 bits per heavy atom. The topological polar surface area (TPSA) is 84.2 Å². The number of nitrogens with two attached hydrogens (primary N) is 1. The van der Waals surface area contributed by atoms with Gasteiger partial charge in [0.2, 0.25) is 5.91 Å². The third kappa shape index (κ3) is 4.62. The molecule has 0 aliphatic rings. The molecule has 4 N–H and O–H groups in total. The van der Waals surface area contributed by atoms with Gasteiger partial charge in [0.15, 0.2) is 0 Å². The van der Waals surface area contributed by atoms with Crippen LogP contribution in [-0.4, -0.2) is 24.9 Å². The van der Waals surface area contributed by atoms with Crippen LogP contribution in [-0.2, 0) is 4.79 Å². The number of likely N-dealkylation sites (N-methyl/N-ethyl adjacent to an activating group) is 1. The highest BCUT2D eigenvalue weighted by Gasteiger charge is 2.19. The quantitative estimate of drug-likeness (QED) is 0.676. The highest BCUT2D eigenvalue weighted by atomic mass is 16.2. The Kier molecular flexibility index (Phi) is 5.85. The van der Waals surface area contributed by atoms with Crippen LogP contribution in [0.1, 0.15) is 36.5 Å². The molecular weight excluding hydrogens is 242 g/mol. The minimum atomic E-state index is -0.491. The van der Waals surface area contributed by atoms with Gasteiger partial charge in [0.1, 0.15) is 6.04 Å². The molecule has 0 fully saturated rings. The van der Waals surface area contributed by atoms with Crippen LogP contribution >= 0.6 is 0 Å². The molecule has 5 nitrogen and oxygen atoms in total. The summed E-state index contributed by atoms with van der Waals surface area (Å²) in [5, 5.41) is 5.31. The van der Waals surface area contributed by atoms with Gasteiger partial charge in [0, 0.05) is 18.3 Å². The van der Waals surface area contributed by atoms with Gasteiger partial charge < -0.3 is 16.4 Å². The molecule has 0 bridgehead atoms. The summed E-state index contributed by atoms with van der Waals surface area (Å²) in [4.78, 5) is 23.7. The van der Waals surface area contributed by atoms with E-state index in [2.05, 4.69) is 10.6 Å². The Balaban J connectivity index is 2.69. The van der Waals surface area contributed by atoms with Crippen molar-refractivity contribution in [2.45, 2.75) is 32.2 Å². The summed E-state index contributed by atoms with van der Waals surface area (Å²) >= 11 is 0. The Bertz CT molecular complexity index is 429. The van der Waals surface area contributed by atoms with Gasteiger partial charge in [-0.15, -0.1) is 0 Å². The lowest BCUT2D eigenvalue weighted by Crippen LogP contribution is -2.45. The van der Waals surface area contributed by atoms with Crippen LogP contribution in [0.25, 0.3) is 0 Å². The predicted octanol–water partition coefficient (Wildman–Crippen LogP) is 1.30. The summed E-state index contributed by atoms with van der Waals surface area (Å²) in [6, 6.07) is 6.12. The molecular formula is C14H21N3O2. The summed E-state index contributed by atoms with van der Waals surface area (Å²) in [7, 11) is 1.57. The van der Waals surface area contributed by atoms with E-state index >= 15 is 0 Å². The molecule has 0 saturated carbocycles. The fraction of sp³-hybridized carbons (Fsp3) is 0.429. The van der Waals surface area contributed by atoms with Crippen molar-refractivity contribution in [3.05, 3.63) is 29.8 Å². The normalized spacial score (nSPS) is 11.7. The number of unbranched alkanes of at least 4 members (excludes halogenated alkanes) is 1. The zero-order valence-corrected chi connectivity index (χ0v) is 11.4. The number of carbonyl (C=O) groups is 2. The van der Waals surface area contributed by atoms with Gasteiger partial charge in [-0.3, -0.25) is 9.59 Å². The van der Waals surface area contributed by atoms with E-state index in [0.29, 0.717) is 17.7 Å². The molecule has 19 heavy (non-hydrogen) atoms. The lowest BCUT2D eigenvalue weighted by molar-refractivity contribution is -0.122. The SMILES string of the molecule is CCCCC(NC(=O)c1ccc(N)cc1)C(=O)NC. The van der Waals surface area contributed by atoms with Gasteiger partial charge >= 0.3 is 0 Å². The third-order valence-corrected chi connectivity index (χ3v) is 2.89. The summed E-state index contributed by atoms with van der Waals surface area (Å²) < 4.78 is 0. The Labute approximate surface area is 113 Å². The molecule has 0 heterocycles. The van der Waals surface area contributed by atoms with Gasteiger partial charge in [0.25, 0.3) is 5.91 Å². The van der Waals surface area contributed by atoms with Crippen LogP contribution in [0.5, 0.6) is 0 Å². The molecule has 1 unspecified atom stereocenters. The summed E-state index contributed by atoms with van der Waals surface area (Å²) in [6.45, 7) is 2.04. The van der Waals surface area contributed by atoms with Gasteiger partial charge in [-0.1, -0.05) is 19.8 Å². The zero-order valence-electron chi connectivity index (χ0n) is 11.4. The lowest BCUT2D eigenvalue weighted by Gasteiger charge is -2.17. The van der Waals surface area contributed by atoms with Crippen molar-refractivity contribution in [2.75, 3.05) is 12.8 Å². The largest absolute Gasteiger partial charge is 0.399 e. The number of benzene rings is 1. The van der Waals surface area contributed by atoms with Crippen molar-refractivity contribution in [1.82, 2.24) is 10.6 Å². The minimum Gasteiger partial charge on any atom is -0.399 e. The molecule has 0 spiro atoms. The van der Waals surface area contributed by atoms with E-state index in [1.165, 1.54) is 0 Å². The Morgan fingerprint density at radius 2 is 1.89 bits per heavy atom. The second kappa shape index (κ2) is 7.41. The molecule has 1 aromatic rings. The van der Waals surface area contributed by atoms with Gasteiger partial charge in [-0.2, -0.15) is 0 Å². The predicted molar refractivity (Wildman–Crippen MR) is 75.7 cm³/mol. The maximum atomic E-state index is 12.0. The number of amides is 2. The van der Waals surface area contributed by atoms with Crippen molar-refractivity contribution in [1.29, 1.82) is 0 Å². The van der Waals surface area contributed by atoms with E-state index in [1.54, 1.807) is 31.3 Å². The molecule has 1 atom stereocenters. The minimum absolute atomic E-state index is 0.169. The molecule has 2 amide bonds. The number of anilines is 1. The fourth-order valence-electron chi connectivity index (χ4n) is 1.73. The van der Waals surface area contributed by atoms with E-state index in [1.807, 2.05) is 6.92 Å². The van der Waals surface area contributed by atoms with Crippen molar-refractivity contribution in [2.24, 2.45) is 0 Å². The first-order chi connectivity index (χ1) is 9.08. The second-order valence-electron chi connectivity index (χ2n) is 4.40. The van der Waals surface area contributed by atoms with Crippen LogP contribution in [0.3, 0.4) is 0 Å². The van der Waals surface area contributed by atoms with E-state index in [-0.39, 0.29) is 11.8 Å². The molecule has 1 aromatic carbocycles. The van der Waals surface area contributed by atoms with Crippen LogP contribution in [0.2, 0.25) is 0 Å². The number of nitrogen functional groups attached to an aromatic ring is 1. The number of nitrogens with one attached hydrogen (secondary N) is 2.